The van der Waals surface area contributed by atoms with Gasteiger partial charge in [0, 0.05) is 33.0 Å². The zero-order chi connectivity index (χ0) is 36.3. The lowest BCUT2D eigenvalue weighted by Crippen LogP contribution is -2.00. The van der Waals surface area contributed by atoms with Crippen LogP contribution < -0.4 is 0 Å². The van der Waals surface area contributed by atoms with Crippen LogP contribution in [0.3, 0.4) is 0 Å². The Kier molecular flexibility index (Phi) is 7.10. The van der Waals surface area contributed by atoms with Crippen LogP contribution in [0.4, 0.5) is 0 Å². The van der Waals surface area contributed by atoms with Gasteiger partial charge >= 0.3 is 0 Å². The number of rotatable bonds is 5. The summed E-state index contributed by atoms with van der Waals surface area (Å²) < 4.78 is 6.60. The molecule has 0 saturated heterocycles. The third kappa shape index (κ3) is 5.33. The molecule has 0 N–H and O–H groups in total. The fraction of sp³-hybridized carbons (Fsp3) is 0. The zero-order valence-corrected chi connectivity index (χ0v) is 29.5. The Morgan fingerprint density at radius 3 is 1.64 bits per heavy atom. The van der Waals surface area contributed by atoms with Gasteiger partial charge in [0.2, 0.25) is 5.89 Å². The van der Waals surface area contributed by atoms with Gasteiger partial charge in [-0.3, -0.25) is 0 Å². The van der Waals surface area contributed by atoms with E-state index in [1.165, 1.54) is 5.39 Å². The van der Waals surface area contributed by atoms with Crippen molar-refractivity contribution in [2.75, 3.05) is 0 Å². The number of hydrogen-bond acceptors (Lipinski definition) is 5. The Bertz CT molecular complexity index is 3260. The molecule has 0 saturated carbocycles. The minimum absolute atomic E-state index is 0.597. The summed E-state index contributed by atoms with van der Waals surface area (Å²) in [6.07, 6.45) is 0. The lowest BCUT2D eigenvalue weighted by Gasteiger charge is -2.12. The SMILES string of the molecule is c1ccc(-c2cccc(-c3nc(-c4ccc5ccccc5c4)nc(-c4ccc5ccc6c7ccccc7c7oc(-c8ccccc8)nc7c6c5c4)n3)c2)cc1. The van der Waals surface area contributed by atoms with Crippen molar-refractivity contribution < 1.29 is 4.42 Å². The second-order valence-electron chi connectivity index (χ2n) is 13.8. The number of benzene rings is 9. The molecule has 0 aliphatic heterocycles. The molecule has 2 aromatic heterocycles. The first kappa shape index (κ1) is 31.1. The molecule has 0 atom stereocenters. The Hall–Kier alpha value is -7.50. The number of fused-ring (bicyclic) bond motifs is 9. The summed E-state index contributed by atoms with van der Waals surface area (Å²) in [6.45, 7) is 0. The van der Waals surface area contributed by atoms with Crippen LogP contribution in [0.2, 0.25) is 0 Å². The van der Waals surface area contributed by atoms with Crippen molar-refractivity contribution in [3.8, 4) is 56.7 Å². The second kappa shape index (κ2) is 12.6. The number of nitrogens with zero attached hydrogens (tertiary/aromatic N) is 4. The van der Waals surface area contributed by atoms with E-state index in [9.17, 15) is 0 Å². The van der Waals surface area contributed by atoms with Gasteiger partial charge in [-0.25, -0.2) is 19.9 Å². The lowest BCUT2D eigenvalue weighted by atomic mass is 9.94. The first-order valence-corrected chi connectivity index (χ1v) is 18.4. The van der Waals surface area contributed by atoms with Crippen LogP contribution in [0.5, 0.6) is 0 Å². The first-order valence-electron chi connectivity index (χ1n) is 18.4. The third-order valence-electron chi connectivity index (χ3n) is 10.5. The molecule has 256 valence electrons. The highest BCUT2D eigenvalue weighted by Crippen LogP contribution is 2.41. The van der Waals surface area contributed by atoms with Gasteiger partial charge in [-0.1, -0.05) is 152 Å². The minimum atomic E-state index is 0.597. The van der Waals surface area contributed by atoms with Crippen molar-refractivity contribution in [3.05, 3.63) is 182 Å². The quantitative estimate of drug-likeness (QED) is 0.167. The molecule has 0 aliphatic rings. The van der Waals surface area contributed by atoms with Gasteiger partial charge in [-0.15, -0.1) is 0 Å². The predicted octanol–water partition coefficient (Wildman–Crippen LogP) is 13.0. The first-order chi connectivity index (χ1) is 27.2. The summed E-state index contributed by atoms with van der Waals surface area (Å²) >= 11 is 0. The molecule has 2 heterocycles. The van der Waals surface area contributed by atoms with Gasteiger partial charge in [-0.2, -0.15) is 0 Å². The van der Waals surface area contributed by atoms with E-state index in [0.29, 0.717) is 23.4 Å². The lowest BCUT2D eigenvalue weighted by molar-refractivity contribution is 0.623. The van der Waals surface area contributed by atoms with Crippen molar-refractivity contribution in [1.29, 1.82) is 0 Å². The van der Waals surface area contributed by atoms with E-state index in [0.717, 1.165) is 82.2 Å². The largest absolute Gasteiger partial charge is 0.435 e. The minimum Gasteiger partial charge on any atom is -0.435 e. The molecule has 5 nitrogen and oxygen atoms in total. The number of aromatic nitrogens is 4. The van der Waals surface area contributed by atoms with Crippen molar-refractivity contribution in [2.24, 2.45) is 0 Å². The Labute approximate surface area is 316 Å². The summed E-state index contributed by atoms with van der Waals surface area (Å²) in [4.78, 5) is 20.6. The van der Waals surface area contributed by atoms with Gasteiger partial charge < -0.3 is 4.42 Å². The monoisotopic (exact) mass is 702 g/mol. The van der Waals surface area contributed by atoms with Crippen molar-refractivity contribution in [2.45, 2.75) is 0 Å². The maximum Gasteiger partial charge on any atom is 0.227 e. The van der Waals surface area contributed by atoms with Crippen molar-refractivity contribution >= 4 is 54.2 Å². The summed E-state index contributed by atoms with van der Waals surface area (Å²) in [5.74, 6) is 2.42. The van der Waals surface area contributed by atoms with Gasteiger partial charge in [0.15, 0.2) is 23.1 Å². The molecule has 55 heavy (non-hydrogen) atoms. The smallest absolute Gasteiger partial charge is 0.227 e. The molecule has 0 spiro atoms. The van der Waals surface area contributed by atoms with Gasteiger partial charge in [0.25, 0.3) is 0 Å². The third-order valence-corrected chi connectivity index (χ3v) is 10.5. The number of hydrogen-bond donors (Lipinski definition) is 0. The molecule has 0 unspecified atom stereocenters. The Morgan fingerprint density at radius 1 is 0.309 bits per heavy atom. The fourth-order valence-corrected chi connectivity index (χ4v) is 7.79. The average molecular weight is 703 g/mol. The fourth-order valence-electron chi connectivity index (χ4n) is 7.79. The van der Waals surface area contributed by atoms with Crippen molar-refractivity contribution in [1.82, 2.24) is 19.9 Å². The molecule has 0 aliphatic carbocycles. The highest BCUT2D eigenvalue weighted by Gasteiger charge is 2.19. The standard InChI is InChI=1S/C50H30N4O/c1-3-12-31(13-4-1)36-18-11-19-37(28-36)47-52-48(38-24-22-32-14-7-8-17-35(32)29-38)54-49(53-47)39-25-23-33-26-27-41-40-20-9-10-21-42(40)46-45(44(41)43(33)30-39)51-50(55-46)34-15-5-2-6-16-34/h1-30H. The summed E-state index contributed by atoms with van der Waals surface area (Å²) in [5, 5.41) is 8.76. The molecular weight excluding hydrogens is 673 g/mol. The van der Waals surface area contributed by atoms with Crippen LogP contribution in [-0.2, 0) is 0 Å². The summed E-state index contributed by atoms with van der Waals surface area (Å²) in [7, 11) is 0. The molecule has 0 bridgehead atoms. The van der Waals surface area contributed by atoms with E-state index in [2.05, 4.69) is 146 Å². The maximum atomic E-state index is 6.60. The molecule has 0 fully saturated rings. The van der Waals surface area contributed by atoms with Gasteiger partial charge in [0.05, 0.1) is 0 Å². The van der Waals surface area contributed by atoms with Crippen LogP contribution in [0.1, 0.15) is 0 Å². The molecule has 9 aromatic carbocycles. The van der Waals surface area contributed by atoms with Crippen LogP contribution in [0, 0.1) is 0 Å². The van der Waals surface area contributed by atoms with E-state index in [1.54, 1.807) is 0 Å². The average Bonchev–Trinajstić information content (AvgIpc) is 3.72. The molecular formula is C50H30N4O. The van der Waals surface area contributed by atoms with Gasteiger partial charge in [-0.05, 0) is 73.8 Å². The number of oxazole rings is 1. The second-order valence-corrected chi connectivity index (χ2v) is 13.8. The van der Waals surface area contributed by atoms with Crippen LogP contribution >= 0.6 is 0 Å². The Morgan fingerprint density at radius 2 is 0.873 bits per heavy atom. The van der Waals surface area contributed by atoms with Crippen molar-refractivity contribution in [3.63, 3.8) is 0 Å². The Balaban J connectivity index is 1.15. The van der Waals surface area contributed by atoms with E-state index in [4.69, 9.17) is 24.4 Å². The topological polar surface area (TPSA) is 64.7 Å². The van der Waals surface area contributed by atoms with E-state index >= 15 is 0 Å². The molecule has 11 rings (SSSR count). The van der Waals surface area contributed by atoms with E-state index in [-0.39, 0.29) is 0 Å². The maximum absolute atomic E-state index is 6.60. The summed E-state index contributed by atoms with van der Waals surface area (Å²) in [6, 6.07) is 62.9. The summed E-state index contributed by atoms with van der Waals surface area (Å²) in [5.41, 5.74) is 7.52. The van der Waals surface area contributed by atoms with E-state index in [1.807, 2.05) is 36.4 Å². The molecule has 0 radical (unpaired) electrons. The molecule has 0 amide bonds. The van der Waals surface area contributed by atoms with Crippen LogP contribution in [-0.4, -0.2) is 19.9 Å². The highest BCUT2D eigenvalue weighted by molar-refractivity contribution is 6.29. The van der Waals surface area contributed by atoms with Gasteiger partial charge in [0.1, 0.15) is 5.52 Å². The highest BCUT2D eigenvalue weighted by atomic mass is 16.3. The molecule has 11 aromatic rings. The van der Waals surface area contributed by atoms with Crippen LogP contribution in [0.25, 0.3) is 111 Å². The van der Waals surface area contributed by atoms with E-state index < -0.39 is 0 Å². The van der Waals surface area contributed by atoms with Crippen LogP contribution in [0.15, 0.2) is 186 Å². The predicted molar refractivity (Wildman–Crippen MR) is 225 cm³/mol. The molecule has 5 heteroatoms. The normalized spacial score (nSPS) is 11.6. The zero-order valence-electron chi connectivity index (χ0n) is 29.5.